The minimum Gasteiger partial charge on any atom is -0.255 e. The van der Waals surface area contributed by atoms with E-state index in [2.05, 4.69) is 29.9 Å². The zero-order valence-corrected chi connectivity index (χ0v) is 21.5. The molecule has 0 saturated heterocycles. The molecule has 6 rings (SSSR count). The van der Waals surface area contributed by atoms with Gasteiger partial charge in [0.2, 0.25) is 0 Å². The maximum atomic E-state index is 4.59. The van der Waals surface area contributed by atoms with Crippen molar-refractivity contribution in [3.05, 3.63) is 134 Å². The van der Waals surface area contributed by atoms with E-state index in [4.69, 9.17) is 0 Å². The van der Waals surface area contributed by atoms with Crippen molar-refractivity contribution in [3.8, 4) is 45.6 Å². The van der Waals surface area contributed by atoms with Crippen LogP contribution < -0.4 is 0 Å². The van der Waals surface area contributed by atoms with Gasteiger partial charge in [-0.25, -0.2) is 9.97 Å². The molecule has 6 aromatic heterocycles. The molecule has 6 aromatic rings. The molecule has 6 nitrogen and oxygen atoms in total. The maximum absolute atomic E-state index is 4.59. The first-order valence-corrected chi connectivity index (χ1v) is 11.5. The molecule has 0 aliphatic rings. The SMILES string of the molecule is [Ru].c1ccc(-c2cccc(-c3ccccn3)n2)nc1.c1ccc(-c2cccc(-c3ccccn3)n2)nc1. The summed E-state index contributed by atoms with van der Waals surface area (Å²) in [6.07, 6.45) is 7.07. The van der Waals surface area contributed by atoms with Crippen molar-refractivity contribution in [2.45, 2.75) is 0 Å². The van der Waals surface area contributed by atoms with Crippen molar-refractivity contribution >= 4 is 0 Å². The first-order chi connectivity index (χ1) is 17.9. The normalized spacial score (nSPS) is 9.95. The summed E-state index contributed by atoms with van der Waals surface area (Å²) in [4.78, 5) is 26.4. The number of pyridine rings is 6. The molecule has 0 atom stereocenters. The van der Waals surface area contributed by atoms with Crippen LogP contribution in [0.3, 0.4) is 0 Å². The van der Waals surface area contributed by atoms with Gasteiger partial charge in [0.1, 0.15) is 0 Å². The number of rotatable bonds is 4. The van der Waals surface area contributed by atoms with E-state index in [0.717, 1.165) is 45.6 Å². The molecular weight excluding hydrogens is 545 g/mol. The van der Waals surface area contributed by atoms with Gasteiger partial charge in [-0.15, -0.1) is 0 Å². The van der Waals surface area contributed by atoms with Gasteiger partial charge in [-0.2, -0.15) is 0 Å². The van der Waals surface area contributed by atoms with Gasteiger partial charge in [0, 0.05) is 44.3 Å². The zero-order valence-electron chi connectivity index (χ0n) is 19.7. The fourth-order valence-electron chi connectivity index (χ4n) is 3.50. The third-order valence-corrected chi connectivity index (χ3v) is 5.21. The Hall–Kier alpha value is -4.48. The van der Waals surface area contributed by atoms with Gasteiger partial charge in [-0.05, 0) is 72.8 Å². The van der Waals surface area contributed by atoms with E-state index in [0.29, 0.717) is 0 Å². The summed E-state index contributed by atoms with van der Waals surface area (Å²) in [5.74, 6) is 0. The third-order valence-electron chi connectivity index (χ3n) is 5.21. The summed E-state index contributed by atoms with van der Waals surface area (Å²) < 4.78 is 0. The quantitative estimate of drug-likeness (QED) is 0.229. The molecule has 0 radical (unpaired) electrons. The fourth-order valence-corrected chi connectivity index (χ4v) is 3.50. The summed E-state index contributed by atoms with van der Waals surface area (Å²) in [6.45, 7) is 0. The summed E-state index contributed by atoms with van der Waals surface area (Å²) in [5, 5.41) is 0. The third kappa shape index (κ3) is 6.81. The fraction of sp³-hybridized carbons (Fsp3) is 0. The first kappa shape index (κ1) is 25.6. The van der Waals surface area contributed by atoms with Gasteiger partial charge in [-0.3, -0.25) is 19.9 Å². The van der Waals surface area contributed by atoms with Crippen LogP contribution in [0.2, 0.25) is 0 Å². The van der Waals surface area contributed by atoms with E-state index in [9.17, 15) is 0 Å². The van der Waals surface area contributed by atoms with Gasteiger partial charge < -0.3 is 0 Å². The summed E-state index contributed by atoms with van der Waals surface area (Å²) in [5.41, 5.74) is 6.92. The van der Waals surface area contributed by atoms with Crippen LogP contribution >= 0.6 is 0 Å². The van der Waals surface area contributed by atoms with Gasteiger partial charge in [0.15, 0.2) is 0 Å². The first-order valence-electron chi connectivity index (χ1n) is 11.5. The van der Waals surface area contributed by atoms with Crippen molar-refractivity contribution in [2.75, 3.05) is 0 Å². The van der Waals surface area contributed by atoms with E-state index in [1.165, 1.54) is 0 Å². The Kier molecular flexibility index (Phi) is 9.00. The largest absolute Gasteiger partial charge is 0.255 e. The van der Waals surface area contributed by atoms with Gasteiger partial charge in [-0.1, -0.05) is 36.4 Å². The molecular formula is C30H22N6Ru. The predicted octanol–water partition coefficient (Wildman–Crippen LogP) is 6.41. The van der Waals surface area contributed by atoms with E-state index in [-0.39, 0.29) is 19.5 Å². The Morgan fingerprint density at radius 1 is 0.270 bits per heavy atom. The number of aromatic nitrogens is 6. The molecule has 180 valence electrons. The van der Waals surface area contributed by atoms with Crippen LogP contribution in [0, 0.1) is 0 Å². The maximum Gasteiger partial charge on any atom is 0.0894 e. The molecule has 0 amide bonds. The average Bonchev–Trinajstić information content (AvgIpc) is 2.99. The smallest absolute Gasteiger partial charge is 0.0894 e. The topological polar surface area (TPSA) is 77.3 Å². The Morgan fingerprint density at radius 3 is 0.730 bits per heavy atom. The van der Waals surface area contributed by atoms with Gasteiger partial charge in [0.05, 0.1) is 45.6 Å². The molecule has 0 fully saturated rings. The van der Waals surface area contributed by atoms with Crippen LogP contribution in [0.5, 0.6) is 0 Å². The van der Waals surface area contributed by atoms with Crippen LogP contribution in [0.15, 0.2) is 134 Å². The Morgan fingerprint density at radius 2 is 0.514 bits per heavy atom. The van der Waals surface area contributed by atoms with Crippen molar-refractivity contribution < 1.29 is 19.5 Å². The number of nitrogens with zero attached hydrogens (tertiary/aromatic N) is 6. The van der Waals surface area contributed by atoms with Crippen molar-refractivity contribution in [3.63, 3.8) is 0 Å². The van der Waals surface area contributed by atoms with E-state index >= 15 is 0 Å². The summed E-state index contributed by atoms with van der Waals surface area (Å²) in [6, 6.07) is 35.0. The minimum absolute atomic E-state index is 0. The van der Waals surface area contributed by atoms with Crippen molar-refractivity contribution in [1.29, 1.82) is 0 Å². The van der Waals surface area contributed by atoms with E-state index in [1.54, 1.807) is 24.8 Å². The summed E-state index contributed by atoms with van der Waals surface area (Å²) >= 11 is 0. The minimum atomic E-state index is 0. The number of hydrogen-bond donors (Lipinski definition) is 0. The van der Waals surface area contributed by atoms with Crippen LogP contribution in [-0.2, 0) is 19.5 Å². The zero-order chi connectivity index (χ0) is 24.4. The van der Waals surface area contributed by atoms with E-state index in [1.807, 2.05) is 109 Å². The molecule has 0 aromatic carbocycles. The average molecular weight is 568 g/mol. The Labute approximate surface area is 228 Å². The van der Waals surface area contributed by atoms with Crippen LogP contribution in [-0.4, -0.2) is 29.9 Å². The van der Waals surface area contributed by atoms with Crippen LogP contribution in [0.25, 0.3) is 45.6 Å². The molecule has 0 bridgehead atoms. The monoisotopic (exact) mass is 568 g/mol. The number of hydrogen-bond acceptors (Lipinski definition) is 6. The molecule has 37 heavy (non-hydrogen) atoms. The molecule has 0 saturated carbocycles. The molecule has 0 spiro atoms. The Balaban J connectivity index is 0.000000168. The van der Waals surface area contributed by atoms with Gasteiger partial charge >= 0.3 is 0 Å². The molecule has 6 heterocycles. The second kappa shape index (κ2) is 13.0. The molecule has 0 aliphatic heterocycles. The molecule has 0 unspecified atom stereocenters. The van der Waals surface area contributed by atoms with Crippen LogP contribution in [0.4, 0.5) is 0 Å². The Bertz CT molecular complexity index is 1290. The van der Waals surface area contributed by atoms with Crippen molar-refractivity contribution in [1.82, 2.24) is 29.9 Å². The molecule has 0 N–H and O–H groups in total. The summed E-state index contributed by atoms with van der Waals surface area (Å²) in [7, 11) is 0. The van der Waals surface area contributed by atoms with Crippen molar-refractivity contribution in [2.24, 2.45) is 0 Å². The van der Waals surface area contributed by atoms with Crippen LogP contribution in [0.1, 0.15) is 0 Å². The second-order valence-electron chi connectivity index (χ2n) is 7.68. The second-order valence-corrected chi connectivity index (χ2v) is 7.68. The van der Waals surface area contributed by atoms with Gasteiger partial charge in [0.25, 0.3) is 0 Å². The molecule has 0 aliphatic carbocycles. The predicted molar refractivity (Wildman–Crippen MR) is 141 cm³/mol. The molecule has 7 heteroatoms. The van der Waals surface area contributed by atoms with E-state index < -0.39 is 0 Å². The standard InChI is InChI=1S/2C15H11N3.Ru/c2*1-3-10-16-12(6-1)14-8-5-9-15(18-14)13-7-2-4-11-17-13;/h2*1-11H;.